The molecule has 1 aliphatic carbocycles. The van der Waals surface area contributed by atoms with Crippen molar-refractivity contribution in [1.29, 1.82) is 0 Å². The maximum Gasteiger partial charge on any atom is 0.250 e. The first-order valence-electron chi connectivity index (χ1n) is 12.4. The molecule has 0 aromatic carbocycles. The Morgan fingerprint density at radius 1 is 1.29 bits per heavy atom. The number of nitrogens with zero attached hydrogens (tertiary/aromatic N) is 3. The van der Waals surface area contributed by atoms with Crippen LogP contribution in [0, 0.1) is 23.7 Å². The number of aromatic nitrogens is 1. The molecule has 1 aromatic rings. The summed E-state index contributed by atoms with van der Waals surface area (Å²) in [5.41, 5.74) is 9.04. The average Bonchev–Trinajstić information content (AvgIpc) is 2.83. The molecule has 0 spiro atoms. The third kappa shape index (κ3) is 7.06. The van der Waals surface area contributed by atoms with Crippen LogP contribution in [0.4, 0.5) is 0 Å². The van der Waals surface area contributed by atoms with Crippen molar-refractivity contribution >= 4 is 21.3 Å². The van der Waals surface area contributed by atoms with Crippen molar-refractivity contribution in [2.45, 2.75) is 66.3 Å². The highest BCUT2D eigenvalue weighted by molar-refractivity contribution is 7.27. The van der Waals surface area contributed by atoms with Gasteiger partial charge < -0.3 is 15.2 Å². The summed E-state index contributed by atoms with van der Waals surface area (Å²) < 4.78 is 1.85. The second-order valence-electron chi connectivity index (χ2n) is 9.77. The molecule has 34 heavy (non-hydrogen) atoms. The number of hydrogen-bond donors (Lipinski definition) is 1. The number of aliphatic imine (C=N–C) groups is 1. The summed E-state index contributed by atoms with van der Waals surface area (Å²) in [7, 11) is 2.68. The molecule has 2 N–H and O–H groups in total. The van der Waals surface area contributed by atoms with Crippen LogP contribution in [-0.4, -0.2) is 16.2 Å². The fraction of sp³-hybridized carbons (Fsp3) is 0.500. The van der Waals surface area contributed by atoms with Crippen molar-refractivity contribution in [1.82, 2.24) is 9.47 Å². The molecule has 0 bridgehead atoms. The maximum atomic E-state index is 12.3. The number of rotatable bonds is 11. The lowest BCUT2D eigenvalue weighted by atomic mass is 9.79. The molecular weight excluding hydrogens is 439 g/mol. The van der Waals surface area contributed by atoms with Gasteiger partial charge in [0.05, 0.1) is 5.70 Å². The molecule has 0 amide bonds. The second-order valence-corrected chi connectivity index (χ2v) is 10.4. The molecule has 5 nitrogen and oxygen atoms in total. The predicted octanol–water partition coefficient (Wildman–Crippen LogP) is 5.57. The van der Waals surface area contributed by atoms with Crippen LogP contribution in [0.2, 0.25) is 0 Å². The monoisotopic (exact) mass is 482 g/mol. The first-order valence-corrected chi connectivity index (χ1v) is 13.0. The molecule has 1 aliphatic rings. The zero-order valence-corrected chi connectivity index (χ0v) is 22.6. The highest BCUT2D eigenvalue weighted by Crippen LogP contribution is 2.40. The van der Waals surface area contributed by atoms with Crippen molar-refractivity contribution < 1.29 is 0 Å². The van der Waals surface area contributed by atoms with Gasteiger partial charge in [-0.3, -0.25) is 4.79 Å². The molecular formula is C28H43N4OP. The van der Waals surface area contributed by atoms with Crippen molar-refractivity contribution in [3.8, 4) is 0 Å². The Bertz CT molecular complexity index is 996. The van der Waals surface area contributed by atoms with Gasteiger partial charge in [-0.05, 0) is 73.5 Å². The van der Waals surface area contributed by atoms with Gasteiger partial charge in [0.25, 0.3) is 5.56 Å². The van der Waals surface area contributed by atoms with Crippen LogP contribution in [0.1, 0.15) is 59.8 Å². The van der Waals surface area contributed by atoms with E-state index in [-0.39, 0.29) is 11.5 Å². The van der Waals surface area contributed by atoms with E-state index in [9.17, 15) is 4.79 Å². The summed E-state index contributed by atoms with van der Waals surface area (Å²) in [6.07, 6.45) is 11.2. The normalized spacial score (nSPS) is 20.5. The lowest BCUT2D eigenvalue weighted by Crippen LogP contribution is -2.33. The number of nitrogens with two attached hydrogens (primary N) is 1. The Morgan fingerprint density at radius 3 is 2.47 bits per heavy atom. The fourth-order valence-corrected chi connectivity index (χ4v) is 4.75. The summed E-state index contributed by atoms with van der Waals surface area (Å²) in [6, 6.07) is 3.49. The van der Waals surface area contributed by atoms with Gasteiger partial charge in [-0.1, -0.05) is 53.3 Å². The van der Waals surface area contributed by atoms with Crippen LogP contribution in [0.25, 0.3) is 0 Å². The fourth-order valence-electron chi connectivity index (χ4n) is 4.48. The Balaban J connectivity index is 2.37. The third-order valence-electron chi connectivity index (χ3n) is 6.88. The topological polar surface area (TPSA) is 63.6 Å². The second kappa shape index (κ2) is 12.9. The van der Waals surface area contributed by atoms with E-state index in [2.05, 4.69) is 72.8 Å². The number of hydrogen-bond acceptors (Lipinski definition) is 4. The molecule has 6 heteroatoms. The van der Waals surface area contributed by atoms with E-state index in [0.717, 1.165) is 49.7 Å². The number of pyridine rings is 1. The minimum Gasteiger partial charge on any atom is -0.396 e. The first kappa shape index (κ1) is 27.9. The minimum atomic E-state index is 0.0665. The quantitative estimate of drug-likeness (QED) is 0.255. The summed E-state index contributed by atoms with van der Waals surface area (Å²) in [5, 5.41) is 1.03. The van der Waals surface area contributed by atoms with Crippen LogP contribution in [-0.2, 0) is 6.54 Å². The van der Waals surface area contributed by atoms with E-state index in [1.807, 2.05) is 16.8 Å². The van der Waals surface area contributed by atoms with Gasteiger partial charge in [-0.25, -0.2) is 4.99 Å². The van der Waals surface area contributed by atoms with Gasteiger partial charge in [0, 0.05) is 30.2 Å². The van der Waals surface area contributed by atoms with Crippen LogP contribution in [0.5, 0.6) is 0 Å². The molecule has 0 radical (unpaired) electrons. The molecule has 2 unspecified atom stereocenters. The molecule has 186 valence electrons. The van der Waals surface area contributed by atoms with E-state index in [1.54, 1.807) is 12.1 Å². The first-order chi connectivity index (χ1) is 16.1. The van der Waals surface area contributed by atoms with E-state index < -0.39 is 0 Å². The summed E-state index contributed by atoms with van der Waals surface area (Å²) in [4.78, 5) is 18.7. The lowest BCUT2D eigenvalue weighted by Gasteiger charge is -2.39. The minimum absolute atomic E-state index is 0.0665. The van der Waals surface area contributed by atoms with Gasteiger partial charge in [0.2, 0.25) is 0 Å². The molecule has 2 rings (SSSR count). The summed E-state index contributed by atoms with van der Waals surface area (Å²) >= 11 is 0. The molecule has 0 saturated heterocycles. The summed E-state index contributed by atoms with van der Waals surface area (Å²) in [5.74, 6) is 2.08. The van der Waals surface area contributed by atoms with Gasteiger partial charge in [0.1, 0.15) is 0 Å². The molecule has 1 aromatic heterocycles. The number of allylic oxidation sites excluding steroid dienone is 4. The Hall–Kier alpha value is -2.39. The maximum absolute atomic E-state index is 12.3. The Morgan fingerprint density at radius 2 is 1.94 bits per heavy atom. The van der Waals surface area contributed by atoms with Crippen molar-refractivity contribution in [3.05, 3.63) is 76.9 Å². The van der Waals surface area contributed by atoms with E-state index >= 15 is 0 Å². The smallest absolute Gasteiger partial charge is 0.250 e. The van der Waals surface area contributed by atoms with Crippen LogP contribution in [0.15, 0.2) is 76.3 Å². The molecule has 1 fully saturated rings. The Kier molecular flexibility index (Phi) is 10.6. The average molecular weight is 483 g/mol. The highest BCUT2D eigenvalue weighted by atomic mass is 31.0. The van der Waals surface area contributed by atoms with Crippen LogP contribution >= 0.6 is 9.24 Å². The molecule has 2 atom stereocenters. The largest absolute Gasteiger partial charge is 0.396 e. The molecule has 1 heterocycles. The zero-order chi connectivity index (χ0) is 25.4. The van der Waals surface area contributed by atoms with E-state index in [1.165, 1.54) is 5.70 Å². The lowest BCUT2D eigenvalue weighted by molar-refractivity contribution is 0.245. The molecule has 0 aliphatic heterocycles. The predicted molar refractivity (Wildman–Crippen MR) is 150 cm³/mol. The van der Waals surface area contributed by atoms with Crippen LogP contribution in [0.3, 0.4) is 0 Å². The highest BCUT2D eigenvalue weighted by Gasteiger charge is 2.31. The van der Waals surface area contributed by atoms with E-state index in [4.69, 9.17) is 5.73 Å². The Labute approximate surface area is 208 Å². The van der Waals surface area contributed by atoms with E-state index in [0.29, 0.717) is 29.3 Å². The van der Waals surface area contributed by atoms with Gasteiger partial charge in [-0.15, -0.1) is 9.24 Å². The SMILES string of the molecule is C=C/C(N)=C(\N=C)N(C(=C)C(C)C)/C(=C\C(C)CC)C1CCC(Cn2cc(P)ccc2=O)CC1. The summed E-state index contributed by atoms with van der Waals surface area (Å²) in [6.45, 7) is 21.6. The van der Waals surface area contributed by atoms with Crippen LogP contribution < -0.4 is 16.6 Å². The van der Waals surface area contributed by atoms with Crippen molar-refractivity contribution in [3.63, 3.8) is 0 Å². The van der Waals surface area contributed by atoms with Gasteiger partial charge in [-0.2, -0.15) is 0 Å². The van der Waals surface area contributed by atoms with Gasteiger partial charge >= 0.3 is 0 Å². The van der Waals surface area contributed by atoms with Crippen molar-refractivity contribution in [2.24, 2.45) is 34.4 Å². The molecule has 1 saturated carbocycles. The van der Waals surface area contributed by atoms with Crippen molar-refractivity contribution in [2.75, 3.05) is 0 Å². The third-order valence-corrected chi connectivity index (χ3v) is 7.22. The zero-order valence-electron chi connectivity index (χ0n) is 21.5. The van der Waals surface area contributed by atoms with Gasteiger partial charge in [0.15, 0.2) is 5.82 Å². The standard InChI is InChI=1S/C28H43N4OP/c1-8-20(5)16-26(32(21(6)19(3)4)28(30-7)25(29)9-2)23-12-10-22(11-13-23)17-31-18-24(34)14-15-27(31)33/h9,14-16,18-20,22-23H,2,6-8,10-13,17,29,34H2,1,3-5H3/b26-16-,28-25-.